The highest BCUT2D eigenvalue weighted by Gasteiger charge is 2.19. The molecule has 1 N–H and O–H groups in total. The average Bonchev–Trinajstić information content (AvgIpc) is 3.37. The SMILES string of the molecule is COc1ccc(-c2ccc(CNC3CC3)cc2)cc1OC. The van der Waals surface area contributed by atoms with Gasteiger partial charge in [-0.05, 0) is 41.7 Å². The summed E-state index contributed by atoms with van der Waals surface area (Å²) in [6.07, 6.45) is 2.65. The maximum absolute atomic E-state index is 5.36. The van der Waals surface area contributed by atoms with E-state index >= 15 is 0 Å². The van der Waals surface area contributed by atoms with Crippen molar-refractivity contribution >= 4 is 0 Å². The molecule has 3 nitrogen and oxygen atoms in total. The van der Waals surface area contributed by atoms with Crippen LogP contribution >= 0.6 is 0 Å². The largest absolute Gasteiger partial charge is 0.493 e. The van der Waals surface area contributed by atoms with Gasteiger partial charge in [0.1, 0.15) is 0 Å². The Morgan fingerprint density at radius 2 is 1.57 bits per heavy atom. The molecule has 21 heavy (non-hydrogen) atoms. The lowest BCUT2D eigenvalue weighted by atomic mass is 10.0. The zero-order chi connectivity index (χ0) is 14.7. The quantitative estimate of drug-likeness (QED) is 0.878. The predicted molar refractivity (Wildman–Crippen MR) is 84.8 cm³/mol. The molecule has 3 rings (SSSR count). The minimum Gasteiger partial charge on any atom is -0.493 e. The van der Waals surface area contributed by atoms with Gasteiger partial charge in [-0.1, -0.05) is 30.3 Å². The summed E-state index contributed by atoms with van der Waals surface area (Å²) in [5.41, 5.74) is 3.65. The highest BCUT2D eigenvalue weighted by atomic mass is 16.5. The molecular formula is C18H21NO2. The first-order valence-electron chi connectivity index (χ1n) is 7.35. The second kappa shape index (κ2) is 6.19. The minimum atomic E-state index is 0.746. The standard InChI is InChI=1S/C18H21NO2/c1-20-17-10-7-15(11-18(17)21-2)14-5-3-13(4-6-14)12-19-16-8-9-16/h3-7,10-11,16,19H,8-9,12H2,1-2H3. The van der Waals surface area contributed by atoms with Crippen LogP contribution in [0.5, 0.6) is 11.5 Å². The Kier molecular flexibility index (Phi) is 4.11. The maximum atomic E-state index is 5.36. The highest BCUT2D eigenvalue weighted by Crippen LogP contribution is 2.32. The molecule has 0 heterocycles. The normalized spacial score (nSPS) is 14.0. The molecule has 0 spiro atoms. The number of benzene rings is 2. The second-order valence-corrected chi connectivity index (χ2v) is 5.42. The number of hydrogen-bond donors (Lipinski definition) is 1. The third kappa shape index (κ3) is 3.37. The monoisotopic (exact) mass is 283 g/mol. The van der Waals surface area contributed by atoms with Crippen LogP contribution in [0.25, 0.3) is 11.1 Å². The van der Waals surface area contributed by atoms with Crippen LogP contribution in [-0.4, -0.2) is 20.3 Å². The molecule has 1 fully saturated rings. The van der Waals surface area contributed by atoms with E-state index in [9.17, 15) is 0 Å². The van der Waals surface area contributed by atoms with Gasteiger partial charge in [0.15, 0.2) is 11.5 Å². The first-order chi connectivity index (χ1) is 10.3. The van der Waals surface area contributed by atoms with E-state index < -0.39 is 0 Å². The van der Waals surface area contributed by atoms with Crippen LogP contribution in [0.15, 0.2) is 42.5 Å². The summed E-state index contributed by atoms with van der Waals surface area (Å²) in [5, 5.41) is 3.53. The van der Waals surface area contributed by atoms with Crippen molar-refractivity contribution in [2.45, 2.75) is 25.4 Å². The lowest BCUT2D eigenvalue weighted by Crippen LogP contribution is -2.14. The van der Waals surface area contributed by atoms with Crippen molar-refractivity contribution in [1.29, 1.82) is 0 Å². The Labute approximate surface area is 125 Å². The molecular weight excluding hydrogens is 262 g/mol. The number of methoxy groups -OCH3 is 2. The van der Waals surface area contributed by atoms with Gasteiger partial charge in [0.05, 0.1) is 14.2 Å². The number of ether oxygens (including phenoxy) is 2. The van der Waals surface area contributed by atoms with E-state index in [-0.39, 0.29) is 0 Å². The summed E-state index contributed by atoms with van der Waals surface area (Å²) in [6.45, 7) is 0.955. The van der Waals surface area contributed by atoms with Gasteiger partial charge in [-0.25, -0.2) is 0 Å². The van der Waals surface area contributed by atoms with E-state index in [4.69, 9.17) is 9.47 Å². The fourth-order valence-corrected chi connectivity index (χ4v) is 2.38. The summed E-state index contributed by atoms with van der Waals surface area (Å²) >= 11 is 0. The second-order valence-electron chi connectivity index (χ2n) is 5.42. The zero-order valence-electron chi connectivity index (χ0n) is 12.6. The van der Waals surface area contributed by atoms with Gasteiger partial charge in [0.25, 0.3) is 0 Å². The van der Waals surface area contributed by atoms with Gasteiger partial charge in [0, 0.05) is 12.6 Å². The predicted octanol–water partition coefficient (Wildman–Crippen LogP) is 3.62. The fraction of sp³-hybridized carbons (Fsp3) is 0.333. The van der Waals surface area contributed by atoms with Gasteiger partial charge in [-0.3, -0.25) is 0 Å². The van der Waals surface area contributed by atoms with Gasteiger partial charge < -0.3 is 14.8 Å². The van der Waals surface area contributed by atoms with Crippen LogP contribution < -0.4 is 14.8 Å². The van der Waals surface area contributed by atoms with Gasteiger partial charge in [-0.15, -0.1) is 0 Å². The smallest absolute Gasteiger partial charge is 0.161 e. The third-order valence-electron chi connectivity index (χ3n) is 3.84. The Morgan fingerprint density at radius 1 is 0.905 bits per heavy atom. The fourth-order valence-electron chi connectivity index (χ4n) is 2.38. The number of nitrogens with one attached hydrogen (secondary N) is 1. The van der Waals surface area contributed by atoms with E-state index in [1.165, 1.54) is 24.0 Å². The molecule has 0 aliphatic heterocycles. The number of hydrogen-bond acceptors (Lipinski definition) is 3. The van der Waals surface area contributed by atoms with E-state index in [2.05, 4.69) is 35.6 Å². The van der Waals surface area contributed by atoms with Crippen LogP contribution in [-0.2, 0) is 6.54 Å². The molecule has 0 unspecified atom stereocenters. The van der Waals surface area contributed by atoms with Gasteiger partial charge >= 0.3 is 0 Å². The van der Waals surface area contributed by atoms with Crippen LogP contribution in [0.2, 0.25) is 0 Å². The molecule has 1 saturated carbocycles. The molecule has 2 aromatic rings. The molecule has 0 atom stereocenters. The Morgan fingerprint density at radius 3 is 2.19 bits per heavy atom. The van der Waals surface area contributed by atoms with Crippen LogP contribution in [0.1, 0.15) is 18.4 Å². The molecule has 1 aliphatic rings. The molecule has 2 aromatic carbocycles. The Balaban J connectivity index is 1.76. The molecule has 0 amide bonds. The van der Waals surface area contributed by atoms with Crippen molar-refractivity contribution in [3.63, 3.8) is 0 Å². The third-order valence-corrected chi connectivity index (χ3v) is 3.84. The van der Waals surface area contributed by atoms with Crippen molar-refractivity contribution in [3.8, 4) is 22.6 Å². The molecule has 3 heteroatoms. The highest BCUT2D eigenvalue weighted by molar-refractivity contribution is 5.67. The molecule has 0 bridgehead atoms. The van der Waals surface area contributed by atoms with E-state index in [0.717, 1.165) is 29.6 Å². The van der Waals surface area contributed by atoms with Gasteiger partial charge in [-0.2, -0.15) is 0 Å². The summed E-state index contributed by atoms with van der Waals surface area (Å²) in [7, 11) is 3.31. The Hall–Kier alpha value is -2.00. The molecule has 0 radical (unpaired) electrons. The number of rotatable bonds is 6. The van der Waals surface area contributed by atoms with Crippen molar-refractivity contribution in [3.05, 3.63) is 48.0 Å². The minimum absolute atomic E-state index is 0.746. The summed E-state index contributed by atoms with van der Waals surface area (Å²) < 4.78 is 10.6. The lowest BCUT2D eigenvalue weighted by Gasteiger charge is -2.10. The maximum Gasteiger partial charge on any atom is 0.161 e. The summed E-state index contributed by atoms with van der Waals surface area (Å²) in [4.78, 5) is 0. The van der Waals surface area contributed by atoms with Crippen molar-refractivity contribution in [2.75, 3.05) is 14.2 Å². The molecule has 0 saturated heterocycles. The van der Waals surface area contributed by atoms with Crippen molar-refractivity contribution in [1.82, 2.24) is 5.32 Å². The first kappa shape index (κ1) is 14.0. The summed E-state index contributed by atoms with van der Waals surface area (Å²) in [5.74, 6) is 1.51. The summed E-state index contributed by atoms with van der Waals surface area (Å²) in [6, 6.07) is 15.4. The van der Waals surface area contributed by atoms with Crippen molar-refractivity contribution in [2.24, 2.45) is 0 Å². The topological polar surface area (TPSA) is 30.5 Å². The molecule has 1 aliphatic carbocycles. The average molecular weight is 283 g/mol. The lowest BCUT2D eigenvalue weighted by molar-refractivity contribution is 0.355. The first-order valence-corrected chi connectivity index (χ1v) is 7.35. The van der Waals surface area contributed by atoms with E-state index in [1.54, 1.807) is 14.2 Å². The van der Waals surface area contributed by atoms with Crippen LogP contribution in [0.4, 0.5) is 0 Å². The molecule has 0 aromatic heterocycles. The van der Waals surface area contributed by atoms with Gasteiger partial charge in [0.2, 0.25) is 0 Å². The van der Waals surface area contributed by atoms with Crippen LogP contribution in [0, 0.1) is 0 Å². The van der Waals surface area contributed by atoms with Crippen molar-refractivity contribution < 1.29 is 9.47 Å². The van der Waals surface area contributed by atoms with E-state index in [1.807, 2.05) is 12.1 Å². The molecule has 110 valence electrons. The zero-order valence-corrected chi connectivity index (χ0v) is 12.6. The van der Waals surface area contributed by atoms with E-state index in [0.29, 0.717) is 0 Å². The Bertz CT molecular complexity index is 603. The van der Waals surface area contributed by atoms with Crippen LogP contribution in [0.3, 0.4) is 0 Å².